The number of anilines is 2. The summed E-state index contributed by atoms with van der Waals surface area (Å²) in [5.74, 6) is 2.54. The summed E-state index contributed by atoms with van der Waals surface area (Å²) >= 11 is 0. The predicted molar refractivity (Wildman–Crippen MR) is 130 cm³/mol. The first kappa shape index (κ1) is 22.6. The highest BCUT2D eigenvalue weighted by molar-refractivity contribution is 5.73. The molecule has 1 unspecified atom stereocenters. The average molecular weight is 436 g/mol. The molecule has 1 aliphatic carbocycles. The fourth-order valence-corrected chi connectivity index (χ4v) is 5.26. The quantitative estimate of drug-likeness (QED) is 0.702. The van der Waals surface area contributed by atoms with Crippen molar-refractivity contribution in [3.63, 3.8) is 0 Å². The molecule has 32 heavy (non-hydrogen) atoms. The van der Waals surface area contributed by atoms with E-state index in [1.165, 1.54) is 36.8 Å². The smallest absolute Gasteiger partial charge is 0.227 e. The monoisotopic (exact) mass is 435 g/mol. The number of carbonyl (C=O) groups excluding carboxylic acids is 1. The molecule has 1 aromatic heterocycles. The third-order valence-electron chi connectivity index (χ3n) is 7.08. The van der Waals surface area contributed by atoms with Gasteiger partial charge in [-0.25, -0.2) is 4.98 Å². The van der Waals surface area contributed by atoms with E-state index in [-0.39, 0.29) is 11.9 Å². The first-order valence-electron chi connectivity index (χ1n) is 12.2. The van der Waals surface area contributed by atoms with E-state index in [0.29, 0.717) is 12.0 Å². The van der Waals surface area contributed by atoms with Crippen LogP contribution in [0, 0.1) is 0 Å². The molecule has 1 aliphatic heterocycles. The van der Waals surface area contributed by atoms with Gasteiger partial charge in [-0.1, -0.05) is 37.1 Å². The van der Waals surface area contributed by atoms with Gasteiger partial charge in [0.25, 0.3) is 0 Å². The van der Waals surface area contributed by atoms with Gasteiger partial charge in [0, 0.05) is 45.3 Å². The molecule has 6 nitrogen and oxygen atoms in total. The van der Waals surface area contributed by atoms with Gasteiger partial charge < -0.3 is 15.1 Å². The molecule has 0 spiro atoms. The zero-order valence-corrected chi connectivity index (χ0v) is 19.8. The number of carbonyl (C=O) groups is 1. The van der Waals surface area contributed by atoms with Crippen LogP contribution in [0.3, 0.4) is 0 Å². The van der Waals surface area contributed by atoms with Crippen LogP contribution in [0.5, 0.6) is 0 Å². The van der Waals surface area contributed by atoms with Crippen LogP contribution in [-0.2, 0) is 11.2 Å². The molecule has 1 amide bonds. The SMILES string of the molecule is CC(=O)NC(C)Cc1ccc(C2CCN(c3ccnc(N(C)C4CCCC4)n3)CC2)cc1. The van der Waals surface area contributed by atoms with Gasteiger partial charge in [-0.15, -0.1) is 0 Å². The molecule has 172 valence electrons. The minimum Gasteiger partial charge on any atom is -0.356 e. The molecule has 2 fully saturated rings. The lowest BCUT2D eigenvalue weighted by Crippen LogP contribution is -2.35. The summed E-state index contributed by atoms with van der Waals surface area (Å²) < 4.78 is 0. The summed E-state index contributed by atoms with van der Waals surface area (Å²) in [5.41, 5.74) is 2.69. The Hall–Kier alpha value is -2.63. The molecule has 0 radical (unpaired) electrons. The Morgan fingerprint density at radius 3 is 2.47 bits per heavy atom. The molecule has 6 heteroatoms. The van der Waals surface area contributed by atoms with Crippen molar-refractivity contribution >= 4 is 17.7 Å². The van der Waals surface area contributed by atoms with Crippen LogP contribution in [0.4, 0.5) is 11.8 Å². The molecule has 2 aliphatic rings. The number of rotatable bonds is 7. The average Bonchev–Trinajstić information content (AvgIpc) is 3.34. The number of amides is 1. The van der Waals surface area contributed by atoms with E-state index in [1.54, 1.807) is 6.92 Å². The normalized spacial score (nSPS) is 18.5. The fourth-order valence-electron chi connectivity index (χ4n) is 5.26. The van der Waals surface area contributed by atoms with Crippen LogP contribution < -0.4 is 15.1 Å². The van der Waals surface area contributed by atoms with Crippen molar-refractivity contribution in [2.24, 2.45) is 0 Å². The zero-order chi connectivity index (χ0) is 22.5. The minimum atomic E-state index is 0.0295. The molecule has 0 bridgehead atoms. The third-order valence-corrected chi connectivity index (χ3v) is 7.08. The summed E-state index contributed by atoms with van der Waals surface area (Å²) in [6.45, 7) is 5.67. The van der Waals surface area contributed by atoms with Crippen molar-refractivity contribution in [3.8, 4) is 0 Å². The maximum absolute atomic E-state index is 11.2. The molecule has 1 N–H and O–H groups in total. The lowest BCUT2D eigenvalue weighted by Gasteiger charge is -2.33. The number of aromatic nitrogens is 2. The highest BCUT2D eigenvalue weighted by atomic mass is 16.1. The van der Waals surface area contributed by atoms with Crippen molar-refractivity contribution < 1.29 is 4.79 Å². The van der Waals surface area contributed by atoms with Gasteiger partial charge in [0.05, 0.1) is 0 Å². The topological polar surface area (TPSA) is 61.4 Å². The molecule has 2 aromatic rings. The van der Waals surface area contributed by atoms with Crippen LogP contribution >= 0.6 is 0 Å². The second-order valence-electron chi connectivity index (χ2n) is 9.57. The zero-order valence-electron chi connectivity index (χ0n) is 19.8. The summed E-state index contributed by atoms with van der Waals surface area (Å²) in [5, 5.41) is 2.96. The number of hydrogen-bond acceptors (Lipinski definition) is 5. The van der Waals surface area contributed by atoms with E-state index in [2.05, 4.69) is 64.4 Å². The minimum absolute atomic E-state index is 0.0295. The van der Waals surface area contributed by atoms with Gasteiger partial charge in [-0.3, -0.25) is 4.79 Å². The van der Waals surface area contributed by atoms with Gasteiger partial charge in [0.2, 0.25) is 11.9 Å². The Labute approximate surface area is 192 Å². The second kappa shape index (κ2) is 10.3. The van der Waals surface area contributed by atoms with Crippen molar-refractivity contribution in [3.05, 3.63) is 47.7 Å². The van der Waals surface area contributed by atoms with E-state index < -0.39 is 0 Å². The van der Waals surface area contributed by atoms with Crippen LogP contribution in [0.2, 0.25) is 0 Å². The number of nitrogens with one attached hydrogen (secondary N) is 1. The second-order valence-corrected chi connectivity index (χ2v) is 9.57. The molecule has 4 rings (SSSR count). The van der Waals surface area contributed by atoms with Gasteiger partial charge in [-0.05, 0) is 62.1 Å². The number of piperidine rings is 1. The molecule has 1 saturated heterocycles. The lowest BCUT2D eigenvalue weighted by molar-refractivity contribution is -0.119. The summed E-state index contributed by atoms with van der Waals surface area (Å²) in [7, 11) is 2.14. The van der Waals surface area contributed by atoms with Crippen molar-refractivity contribution in [2.75, 3.05) is 29.9 Å². The highest BCUT2D eigenvalue weighted by Crippen LogP contribution is 2.31. The summed E-state index contributed by atoms with van der Waals surface area (Å²) in [4.78, 5) is 25.4. The van der Waals surface area contributed by atoms with E-state index in [0.717, 1.165) is 44.1 Å². The van der Waals surface area contributed by atoms with Gasteiger partial charge in [0.15, 0.2) is 0 Å². The van der Waals surface area contributed by atoms with Crippen LogP contribution in [0.1, 0.15) is 69.4 Å². The maximum Gasteiger partial charge on any atom is 0.227 e. The van der Waals surface area contributed by atoms with E-state index in [4.69, 9.17) is 4.98 Å². The van der Waals surface area contributed by atoms with Crippen LogP contribution in [0.15, 0.2) is 36.5 Å². The third kappa shape index (κ3) is 5.59. The summed E-state index contributed by atoms with van der Waals surface area (Å²) in [6, 6.07) is 11.8. The van der Waals surface area contributed by atoms with E-state index >= 15 is 0 Å². The predicted octanol–water partition coefficient (Wildman–Crippen LogP) is 4.31. The molecule has 1 aromatic carbocycles. The number of nitrogens with zero attached hydrogens (tertiary/aromatic N) is 4. The largest absolute Gasteiger partial charge is 0.356 e. The van der Waals surface area contributed by atoms with Crippen molar-refractivity contribution in [1.82, 2.24) is 15.3 Å². The number of hydrogen-bond donors (Lipinski definition) is 1. The number of benzene rings is 1. The summed E-state index contributed by atoms with van der Waals surface area (Å²) in [6.07, 6.45) is 10.2. The Kier molecular flexibility index (Phi) is 7.28. The lowest BCUT2D eigenvalue weighted by atomic mass is 9.88. The van der Waals surface area contributed by atoms with Crippen molar-refractivity contribution in [1.29, 1.82) is 0 Å². The van der Waals surface area contributed by atoms with E-state index in [9.17, 15) is 4.79 Å². The van der Waals surface area contributed by atoms with Gasteiger partial charge >= 0.3 is 0 Å². The first-order chi connectivity index (χ1) is 15.5. The Bertz CT molecular complexity index is 885. The first-order valence-corrected chi connectivity index (χ1v) is 12.2. The molecule has 2 heterocycles. The molecule has 1 atom stereocenters. The maximum atomic E-state index is 11.2. The van der Waals surface area contributed by atoms with Crippen LogP contribution in [0.25, 0.3) is 0 Å². The van der Waals surface area contributed by atoms with E-state index in [1.807, 2.05) is 6.20 Å². The van der Waals surface area contributed by atoms with Crippen molar-refractivity contribution in [2.45, 2.75) is 76.8 Å². The molecule has 1 saturated carbocycles. The Balaban J connectivity index is 1.32. The molecular weight excluding hydrogens is 398 g/mol. The van der Waals surface area contributed by atoms with Gasteiger partial charge in [0.1, 0.15) is 5.82 Å². The molecular formula is C26H37N5O. The Morgan fingerprint density at radius 1 is 1.12 bits per heavy atom. The fraction of sp³-hybridized carbons (Fsp3) is 0.577. The highest BCUT2D eigenvalue weighted by Gasteiger charge is 2.24. The standard InChI is InChI=1S/C26H37N5O/c1-19(28-20(2)32)18-21-8-10-22(11-9-21)23-13-16-31(17-14-23)25-12-15-27-26(29-25)30(3)24-6-4-5-7-24/h8-12,15,19,23-24H,4-7,13-14,16-18H2,1-3H3,(H,28,32). The van der Waals surface area contributed by atoms with Crippen LogP contribution in [-0.4, -0.2) is 48.1 Å². The Morgan fingerprint density at radius 2 is 1.81 bits per heavy atom. The van der Waals surface area contributed by atoms with Gasteiger partial charge in [-0.2, -0.15) is 4.98 Å².